The zero-order chi connectivity index (χ0) is 44.5. The molecule has 0 aliphatic heterocycles. The maximum Gasteiger partial charge on any atom is 0.336 e. The van der Waals surface area contributed by atoms with E-state index in [4.69, 9.17) is 19.7 Å². The van der Waals surface area contributed by atoms with Crippen LogP contribution in [-0.4, -0.2) is 45.4 Å². The summed E-state index contributed by atoms with van der Waals surface area (Å²) < 4.78 is 13.0. The molecule has 4 aromatic heterocycles. The summed E-state index contributed by atoms with van der Waals surface area (Å²) in [4.78, 5) is 31.3. The number of hydrogen-bond donors (Lipinski definition) is 1. The first-order valence-electron chi connectivity index (χ1n) is 21.5. The van der Waals surface area contributed by atoms with Crippen molar-refractivity contribution in [1.82, 2.24) is 34.3 Å². The minimum atomic E-state index is -1.04. The van der Waals surface area contributed by atoms with E-state index in [1.165, 1.54) is 0 Å². The van der Waals surface area contributed by atoms with E-state index in [1.807, 2.05) is 106 Å². The largest absolute Gasteiger partial charge is 0.478 e. The Kier molecular flexibility index (Phi) is 11.1. The third kappa shape index (κ3) is 7.35. The quantitative estimate of drug-likeness (QED) is 0.107. The topological polar surface area (TPSA) is 134 Å². The zero-order valence-corrected chi connectivity index (χ0v) is 37.0. The van der Waals surface area contributed by atoms with Gasteiger partial charge in [-0.2, -0.15) is 0 Å². The second-order valence-electron chi connectivity index (χ2n) is 16.0. The van der Waals surface area contributed by atoms with Crippen molar-refractivity contribution in [3.8, 4) is 22.7 Å². The Labute approximate surface area is 382 Å². The van der Waals surface area contributed by atoms with Crippen LogP contribution in [0.4, 0.5) is 0 Å². The third-order valence-corrected chi connectivity index (χ3v) is 12.9. The molecule has 0 spiro atoms. The Morgan fingerprint density at radius 2 is 1.38 bits per heavy atom. The third-order valence-electron chi connectivity index (χ3n) is 12.1. The van der Waals surface area contributed by atoms with Crippen LogP contribution in [0.25, 0.3) is 44.7 Å². The van der Waals surface area contributed by atoms with Gasteiger partial charge in [0, 0.05) is 35.7 Å². The highest BCUT2D eigenvalue weighted by Crippen LogP contribution is 2.45. The number of carboxylic acid groups (broad SMARTS) is 1. The summed E-state index contributed by atoms with van der Waals surface area (Å²) in [6, 6.07) is 53.6. The molecular weight excluding hydrogens is 879 g/mol. The highest BCUT2D eigenvalue weighted by molar-refractivity contribution is 9.10. The van der Waals surface area contributed by atoms with Crippen LogP contribution < -0.4 is 5.56 Å². The average molecular weight is 921 g/mol. The van der Waals surface area contributed by atoms with Gasteiger partial charge < -0.3 is 18.7 Å². The molecule has 0 bridgehead atoms. The number of hydrogen-bond acceptors (Lipinski definition) is 7. The SMILES string of the molecule is CCCCc1nc2ccn(Cc3ccccc3C(=O)O)c(=O)c2n1Cc1ccc2oc(-c3ccccc3-c3nnnn3C(c3ccccc3)(c3ccccc3)c3ccccc3)c(Br)c2c1. The molecule has 1 N–H and O–H groups in total. The monoisotopic (exact) mass is 919 g/mol. The number of unbranched alkanes of at least 4 members (excludes halogenated alkanes) is 1. The first-order valence-corrected chi connectivity index (χ1v) is 22.3. The van der Waals surface area contributed by atoms with Crippen molar-refractivity contribution in [3.63, 3.8) is 0 Å². The number of nitrogens with zero attached hydrogens (tertiary/aromatic N) is 7. The highest BCUT2D eigenvalue weighted by atomic mass is 79.9. The summed E-state index contributed by atoms with van der Waals surface area (Å²) in [7, 11) is 0. The van der Waals surface area contributed by atoms with Gasteiger partial charge in [0.05, 0.1) is 22.1 Å². The molecule has 0 aliphatic carbocycles. The van der Waals surface area contributed by atoms with Gasteiger partial charge in [-0.15, -0.1) is 5.10 Å². The molecule has 0 saturated heterocycles. The van der Waals surface area contributed by atoms with Gasteiger partial charge in [-0.25, -0.2) is 14.5 Å². The number of rotatable bonds is 14. The van der Waals surface area contributed by atoms with Crippen molar-refractivity contribution in [2.24, 2.45) is 0 Å². The van der Waals surface area contributed by atoms with Gasteiger partial charge in [0.1, 0.15) is 28.2 Å². The van der Waals surface area contributed by atoms with E-state index in [0.717, 1.165) is 61.9 Å². The van der Waals surface area contributed by atoms with Crippen LogP contribution in [0.15, 0.2) is 184 Å². The summed E-state index contributed by atoms with van der Waals surface area (Å²) in [6.45, 7) is 2.63. The summed E-state index contributed by atoms with van der Waals surface area (Å²) >= 11 is 3.96. The molecule has 11 nitrogen and oxygen atoms in total. The predicted molar refractivity (Wildman–Crippen MR) is 255 cm³/mol. The fourth-order valence-corrected chi connectivity index (χ4v) is 9.63. The van der Waals surface area contributed by atoms with Gasteiger partial charge in [-0.1, -0.05) is 153 Å². The fourth-order valence-electron chi connectivity index (χ4n) is 9.03. The molecule has 0 unspecified atom stereocenters. The lowest BCUT2D eigenvalue weighted by molar-refractivity contribution is 0.0695. The molecule has 10 rings (SSSR count). The van der Waals surface area contributed by atoms with Crippen molar-refractivity contribution in [2.45, 2.75) is 44.8 Å². The number of aryl methyl sites for hydroxylation is 1. The van der Waals surface area contributed by atoms with E-state index in [1.54, 1.807) is 35.0 Å². The van der Waals surface area contributed by atoms with Crippen LogP contribution >= 0.6 is 15.9 Å². The molecule has 320 valence electrons. The normalized spacial score (nSPS) is 11.7. The molecule has 12 heteroatoms. The Morgan fingerprint density at radius 3 is 2.05 bits per heavy atom. The molecule has 6 aromatic carbocycles. The van der Waals surface area contributed by atoms with Gasteiger partial charge in [-0.05, 0) is 84.9 Å². The maximum absolute atomic E-state index is 14.3. The number of aromatic carboxylic acids is 1. The van der Waals surface area contributed by atoms with E-state index in [-0.39, 0.29) is 17.7 Å². The number of carbonyl (C=O) groups is 1. The van der Waals surface area contributed by atoms with E-state index in [9.17, 15) is 14.7 Å². The van der Waals surface area contributed by atoms with E-state index < -0.39 is 11.5 Å². The Balaban J connectivity index is 1.07. The Hall–Kier alpha value is -7.70. The van der Waals surface area contributed by atoms with Crippen molar-refractivity contribution in [1.29, 1.82) is 0 Å². The number of tetrazole rings is 1. The first kappa shape index (κ1) is 41.3. The lowest BCUT2D eigenvalue weighted by atomic mass is 9.77. The molecular formula is C53H42BrN7O4. The van der Waals surface area contributed by atoms with Crippen molar-refractivity contribution in [3.05, 3.63) is 224 Å². The van der Waals surface area contributed by atoms with Crippen molar-refractivity contribution >= 4 is 43.9 Å². The van der Waals surface area contributed by atoms with Gasteiger partial charge >= 0.3 is 5.97 Å². The van der Waals surface area contributed by atoms with Crippen LogP contribution in [0.2, 0.25) is 0 Å². The van der Waals surface area contributed by atoms with Crippen LogP contribution in [0.5, 0.6) is 0 Å². The summed E-state index contributed by atoms with van der Waals surface area (Å²) in [6.07, 6.45) is 4.27. The number of furan rings is 1. The number of benzene rings is 6. The van der Waals surface area contributed by atoms with E-state index >= 15 is 0 Å². The molecule has 0 saturated carbocycles. The second kappa shape index (κ2) is 17.5. The minimum absolute atomic E-state index is 0.114. The highest BCUT2D eigenvalue weighted by Gasteiger charge is 2.42. The predicted octanol–water partition coefficient (Wildman–Crippen LogP) is 11.0. The van der Waals surface area contributed by atoms with Crippen LogP contribution in [0.3, 0.4) is 0 Å². The molecule has 0 radical (unpaired) electrons. The van der Waals surface area contributed by atoms with Gasteiger partial charge in [0.15, 0.2) is 5.82 Å². The van der Waals surface area contributed by atoms with Gasteiger partial charge in [0.2, 0.25) is 0 Å². The number of pyridine rings is 1. The Bertz CT molecular complexity index is 3300. The first-order chi connectivity index (χ1) is 31.9. The van der Waals surface area contributed by atoms with E-state index in [0.29, 0.717) is 46.7 Å². The average Bonchev–Trinajstić information content (AvgIpc) is 4.07. The fraction of sp³-hybridized carbons (Fsp3) is 0.132. The molecule has 4 heterocycles. The summed E-state index contributed by atoms with van der Waals surface area (Å²) in [5.74, 6) is 0.951. The number of imidazole rings is 1. The number of halogens is 1. The van der Waals surface area contributed by atoms with Gasteiger partial charge in [-0.3, -0.25) is 4.79 Å². The number of aromatic nitrogens is 7. The lowest BCUT2D eigenvalue weighted by Gasteiger charge is -2.36. The zero-order valence-electron chi connectivity index (χ0n) is 35.4. The standard InChI is InChI=1S/C53H42BrN7O4/c1-2-3-27-46-55-44-30-31-59(34-36-17-13-14-24-40(36)52(63)64)51(62)48(44)60(46)33-35-28-29-45-43(32-35)47(54)49(65-45)41-25-15-16-26-42(41)50-56-57-58-61(50)53(37-18-7-4-8-19-37,38-20-9-5-10-21-38)39-22-11-6-12-23-39/h4-26,28-32H,2-3,27,33-34H2,1H3,(H,63,64). The molecule has 0 amide bonds. The van der Waals surface area contributed by atoms with Crippen LogP contribution in [-0.2, 0) is 25.0 Å². The second-order valence-corrected chi connectivity index (χ2v) is 16.8. The van der Waals surface area contributed by atoms with E-state index in [2.05, 4.69) is 70.5 Å². The Morgan fingerprint density at radius 1 is 0.754 bits per heavy atom. The summed E-state index contributed by atoms with van der Waals surface area (Å²) in [5, 5.41) is 24.6. The molecule has 0 aliphatic rings. The number of fused-ring (bicyclic) bond motifs is 2. The molecule has 10 aromatic rings. The molecule has 0 atom stereocenters. The smallest absolute Gasteiger partial charge is 0.336 e. The van der Waals surface area contributed by atoms with Crippen LogP contribution in [0, 0.1) is 0 Å². The lowest BCUT2D eigenvalue weighted by Crippen LogP contribution is -2.39. The maximum atomic E-state index is 14.3. The minimum Gasteiger partial charge on any atom is -0.478 e. The number of carboxylic acids is 1. The van der Waals surface area contributed by atoms with Crippen molar-refractivity contribution < 1.29 is 14.3 Å². The molecule has 0 fully saturated rings. The molecule has 65 heavy (non-hydrogen) atoms. The summed E-state index contributed by atoms with van der Waals surface area (Å²) in [5.41, 5.74) is 6.78. The van der Waals surface area contributed by atoms with Crippen molar-refractivity contribution in [2.75, 3.05) is 0 Å². The van der Waals surface area contributed by atoms with Crippen LogP contribution in [0.1, 0.15) is 63.8 Å². The van der Waals surface area contributed by atoms with Gasteiger partial charge in [0.25, 0.3) is 5.56 Å².